The van der Waals surface area contributed by atoms with Gasteiger partial charge in [-0.25, -0.2) is 9.50 Å². The Hall–Kier alpha value is -3.15. The van der Waals surface area contributed by atoms with Crippen LogP contribution in [0.25, 0.3) is 16.9 Å². The number of rotatable bonds is 4. The van der Waals surface area contributed by atoms with Crippen molar-refractivity contribution in [2.24, 2.45) is 0 Å². The summed E-state index contributed by atoms with van der Waals surface area (Å²) in [5.74, 6) is 0.824. The van der Waals surface area contributed by atoms with E-state index >= 15 is 0 Å². The highest BCUT2D eigenvalue weighted by Gasteiger charge is 2.15. The van der Waals surface area contributed by atoms with Crippen molar-refractivity contribution in [3.63, 3.8) is 0 Å². The number of H-pyrrole nitrogens is 1. The molecule has 1 aromatic carbocycles. The van der Waals surface area contributed by atoms with E-state index in [0.29, 0.717) is 12.1 Å². The van der Waals surface area contributed by atoms with Gasteiger partial charge in [0.15, 0.2) is 5.65 Å². The molecule has 6 nitrogen and oxygen atoms in total. The van der Waals surface area contributed by atoms with Gasteiger partial charge in [-0.2, -0.15) is 0 Å². The summed E-state index contributed by atoms with van der Waals surface area (Å²) < 4.78 is 6.74. The molecule has 0 saturated heterocycles. The lowest BCUT2D eigenvalue weighted by Gasteiger charge is -2.02. The zero-order valence-corrected chi connectivity index (χ0v) is 16.0. The molecule has 0 unspecified atom stereocenters. The van der Waals surface area contributed by atoms with Crippen molar-refractivity contribution >= 4 is 5.65 Å². The van der Waals surface area contributed by atoms with E-state index in [2.05, 4.69) is 29.3 Å². The number of hydrogen-bond acceptors (Lipinski definition) is 4. The summed E-state index contributed by atoms with van der Waals surface area (Å²) in [4.78, 5) is 17.4. The molecule has 0 aliphatic rings. The van der Waals surface area contributed by atoms with Crippen molar-refractivity contribution in [1.29, 1.82) is 0 Å². The highest BCUT2D eigenvalue weighted by Crippen LogP contribution is 2.25. The molecule has 0 amide bonds. The van der Waals surface area contributed by atoms with E-state index in [1.165, 1.54) is 10.1 Å². The van der Waals surface area contributed by atoms with E-state index in [-0.39, 0.29) is 5.56 Å². The van der Waals surface area contributed by atoms with Gasteiger partial charge in [0.1, 0.15) is 5.76 Å². The second kappa shape index (κ2) is 6.54. The summed E-state index contributed by atoms with van der Waals surface area (Å²) >= 11 is 0. The Labute approximate surface area is 156 Å². The second-order valence-corrected chi connectivity index (χ2v) is 7.03. The Bertz CT molecular complexity index is 1180. The van der Waals surface area contributed by atoms with Crippen molar-refractivity contribution in [2.75, 3.05) is 0 Å². The van der Waals surface area contributed by atoms with E-state index in [4.69, 9.17) is 9.51 Å². The van der Waals surface area contributed by atoms with Gasteiger partial charge in [0.2, 0.25) is 0 Å². The summed E-state index contributed by atoms with van der Waals surface area (Å²) in [5.41, 5.74) is 7.44. The first kappa shape index (κ1) is 17.3. The molecular weight excluding hydrogens is 340 g/mol. The third kappa shape index (κ3) is 3.07. The predicted octanol–water partition coefficient (Wildman–Crippen LogP) is 3.70. The Balaban J connectivity index is 1.73. The van der Waals surface area contributed by atoms with Crippen LogP contribution in [0.1, 0.15) is 33.8 Å². The van der Waals surface area contributed by atoms with Crippen molar-refractivity contribution in [3.05, 3.63) is 74.5 Å². The third-order valence-corrected chi connectivity index (χ3v) is 5.02. The number of nitrogens with zero attached hydrogens (tertiary/aromatic N) is 3. The van der Waals surface area contributed by atoms with Gasteiger partial charge in [-0.1, -0.05) is 28.9 Å². The fourth-order valence-electron chi connectivity index (χ4n) is 3.52. The molecule has 6 heteroatoms. The SMILES string of the molecule is Cc1cccc(-c2[nH]n3c(=O)cc(CCc4c(C)noc4C)nc3c2C)c1. The number of nitrogens with one attached hydrogen (secondary N) is 1. The van der Waals surface area contributed by atoms with Crippen LogP contribution in [0.5, 0.6) is 0 Å². The summed E-state index contributed by atoms with van der Waals surface area (Å²) in [7, 11) is 0. The molecule has 1 N–H and O–H groups in total. The van der Waals surface area contributed by atoms with E-state index in [0.717, 1.165) is 46.0 Å². The predicted molar refractivity (Wildman–Crippen MR) is 104 cm³/mol. The van der Waals surface area contributed by atoms with Gasteiger partial charge in [-0.15, -0.1) is 0 Å². The van der Waals surface area contributed by atoms with Gasteiger partial charge in [0.25, 0.3) is 5.56 Å². The zero-order chi connectivity index (χ0) is 19.1. The van der Waals surface area contributed by atoms with Crippen LogP contribution in [0.15, 0.2) is 39.6 Å². The fraction of sp³-hybridized carbons (Fsp3) is 0.286. The maximum absolute atomic E-state index is 12.6. The van der Waals surface area contributed by atoms with Gasteiger partial charge >= 0.3 is 0 Å². The molecule has 3 heterocycles. The minimum absolute atomic E-state index is 0.101. The standard InChI is InChI=1S/C21H22N4O2/c1-12-6-5-7-16(10-12)20-13(2)21-22-17(11-19(26)25(21)23-20)8-9-18-14(3)24-27-15(18)4/h5-7,10-11,23H,8-9H2,1-4H3. The van der Waals surface area contributed by atoms with E-state index in [1.807, 2.05) is 32.9 Å². The third-order valence-electron chi connectivity index (χ3n) is 5.02. The molecule has 0 radical (unpaired) electrons. The second-order valence-electron chi connectivity index (χ2n) is 7.03. The molecule has 0 aliphatic heterocycles. The summed E-state index contributed by atoms with van der Waals surface area (Å²) in [6.45, 7) is 7.89. The van der Waals surface area contributed by atoms with Crippen LogP contribution in [0.2, 0.25) is 0 Å². The van der Waals surface area contributed by atoms with E-state index in [9.17, 15) is 4.79 Å². The lowest BCUT2D eigenvalue weighted by molar-refractivity contribution is 0.392. The monoisotopic (exact) mass is 362 g/mol. The first-order valence-corrected chi connectivity index (χ1v) is 9.04. The minimum Gasteiger partial charge on any atom is -0.361 e. The number of hydrogen-bond donors (Lipinski definition) is 1. The average Bonchev–Trinajstić information content (AvgIpc) is 3.14. The number of benzene rings is 1. The Morgan fingerprint density at radius 1 is 1.11 bits per heavy atom. The molecule has 0 atom stereocenters. The molecule has 0 spiro atoms. The van der Waals surface area contributed by atoms with Crippen LogP contribution in [0.3, 0.4) is 0 Å². The van der Waals surface area contributed by atoms with Crippen molar-refractivity contribution in [3.8, 4) is 11.3 Å². The lowest BCUT2D eigenvalue weighted by atomic mass is 10.1. The smallest absolute Gasteiger partial charge is 0.272 e. The maximum Gasteiger partial charge on any atom is 0.272 e. The van der Waals surface area contributed by atoms with E-state index in [1.54, 1.807) is 6.07 Å². The fourth-order valence-corrected chi connectivity index (χ4v) is 3.52. The molecule has 138 valence electrons. The zero-order valence-electron chi connectivity index (χ0n) is 16.0. The van der Waals surface area contributed by atoms with Crippen LogP contribution < -0.4 is 5.56 Å². The largest absolute Gasteiger partial charge is 0.361 e. The first-order valence-electron chi connectivity index (χ1n) is 9.04. The van der Waals surface area contributed by atoms with Gasteiger partial charge in [0.05, 0.1) is 11.4 Å². The minimum atomic E-state index is -0.101. The summed E-state index contributed by atoms with van der Waals surface area (Å²) in [6, 6.07) is 9.80. The quantitative estimate of drug-likeness (QED) is 0.601. The van der Waals surface area contributed by atoms with Crippen LogP contribution in [0, 0.1) is 27.7 Å². The Morgan fingerprint density at radius 3 is 2.63 bits per heavy atom. The van der Waals surface area contributed by atoms with Crippen molar-refractivity contribution in [2.45, 2.75) is 40.5 Å². The Kier molecular flexibility index (Phi) is 4.18. The van der Waals surface area contributed by atoms with Crippen LogP contribution >= 0.6 is 0 Å². The molecule has 27 heavy (non-hydrogen) atoms. The number of aromatic nitrogens is 4. The maximum atomic E-state index is 12.6. The number of fused-ring (bicyclic) bond motifs is 1. The summed E-state index contributed by atoms with van der Waals surface area (Å²) in [6.07, 6.45) is 1.41. The number of aromatic amines is 1. The highest BCUT2D eigenvalue weighted by molar-refractivity contribution is 5.70. The van der Waals surface area contributed by atoms with E-state index < -0.39 is 0 Å². The van der Waals surface area contributed by atoms with Gasteiger partial charge in [0, 0.05) is 28.5 Å². The number of aryl methyl sites for hydroxylation is 5. The first-order chi connectivity index (χ1) is 12.9. The molecular formula is C21H22N4O2. The van der Waals surface area contributed by atoms with Gasteiger partial charge in [-0.05, 0) is 46.6 Å². The van der Waals surface area contributed by atoms with Crippen molar-refractivity contribution < 1.29 is 4.52 Å². The van der Waals surface area contributed by atoms with Gasteiger partial charge in [-0.3, -0.25) is 9.89 Å². The Morgan fingerprint density at radius 2 is 1.93 bits per heavy atom. The lowest BCUT2D eigenvalue weighted by Crippen LogP contribution is -2.16. The van der Waals surface area contributed by atoms with Crippen LogP contribution in [0.4, 0.5) is 0 Å². The van der Waals surface area contributed by atoms with Crippen LogP contribution in [-0.4, -0.2) is 19.8 Å². The molecule has 4 aromatic rings. The molecule has 0 bridgehead atoms. The molecule has 0 aliphatic carbocycles. The normalized spacial score (nSPS) is 11.4. The molecule has 0 saturated carbocycles. The topological polar surface area (TPSA) is 76.2 Å². The summed E-state index contributed by atoms with van der Waals surface area (Å²) in [5, 5.41) is 7.20. The molecule has 4 rings (SSSR count). The molecule has 0 fully saturated rings. The van der Waals surface area contributed by atoms with Crippen LogP contribution in [-0.2, 0) is 12.8 Å². The van der Waals surface area contributed by atoms with Crippen molar-refractivity contribution in [1.82, 2.24) is 19.8 Å². The van der Waals surface area contributed by atoms with Gasteiger partial charge < -0.3 is 4.52 Å². The average molecular weight is 362 g/mol. The highest BCUT2D eigenvalue weighted by atomic mass is 16.5. The molecule has 3 aromatic heterocycles.